The number of rotatable bonds is 4. The highest BCUT2D eigenvalue weighted by molar-refractivity contribution is 5.99. The molecule has 9 nitrogen and oxygen atoms in total. The highest BCUT2D eigenvalue weighted by atomic mass is 35.5. The number of nitrogens with one attached hydrogen (secondary N) is 2. The normalized spacial score (nSPS) is 16.7. The summed E-state index contributed by atoms with van der Waals surface area (Å²) in [4.78, 5) is 32.9. The lowest BCUT2D eigenvalue weighted by Crippen LogP contribution is -2.46. The van der Waals surface area contributed by atoms with Gasteiger partial charge in [-0.1, -0.05) is 0 Å². The Bertz CT molecular complexity index is 963. The van der Waals surface area contributed by atoms with Crippen molar-refractivity contribution in [3.8, 4) is 11.5 Å². The van der Waals surface area contributed by atoms with Gasteiger partial charge in [0.1, 0.15) is 17.7 Å². The minimum atomic E-state index is -0.709. The lowest BCUT2D eigenvalue weighted by atomic mass is 10.1. The first kappa shape index (κ1) is 18.9. The molecule has 2 amide bonds. The number of nitrogens with two attached hydrogens (primary N) is 1. The summed E-state index contributed by atoms with van der Waals surface area (Å²) >= 11 is 0. The number of amides is 2. The molecule has 0 aliphatic carbocycles. The molecule has 4 N–H and O–H groups in total. The Morgan fingerprint density at radius 1 is 1.41 bits per heavy atom. The van der Waals surface area contributed by atoms with Crippen molar-refractivity contribution in [2.45, 2.75) is 18.9 Å². The smallest absolute Gasteiger partial charge is 0.271 e. The van der Waals surface area contributed by atoms with E-state index in [9.17, 15) is 9.59 Å². The maximum absolute atomic E-state index is 12.9. The minimum Gasteiger partial charge on any atom is -0.463 e. The molecule has 1 saturated heterocycles. The van der Waals surface area contributed by atoms with Crippen LogP contribution >= 0.6 is 12.4 Å². The van der Waals surface area contributed by atoms with Gasteiger partial charge in [-0.2, -0.15) is 0 Å². The van der Waals surface area contributed by atoms with E-state index in [0.29, 0.717) is 17.1 Å². The first-order valence-electron chi connectivity index (χ1n) is 8.37. The number of carbonyl (C=O) groups is 2. The third-order valence-electron chi connectivity index (χ3n) is 4.37. The number of nitrogens with zero attached hydrogens (tertiary/aromatic N) is 3. The second kappa shape index (κ2) is 7.77. The molecule has 3 aromatic heterocycles. The van der Waals surface area contributed by atoms with Gasteiger partial charge >= 0.3 is 0 Å². The van der Waals surface area contributed by atoms with Gasteiger partial charge in [0, 0.05) is 12.6 Å². The van der Waals surface area contributed by atoms with Crippen LogP contribution in [0.4, 0.5) is 0 Å². The van der Waals surface area contributed by atoms with E-state index in [1.54, 1.807) is 18.2 Å². The fourth-order valence-electron chi connectivity index (χ4n) is 3.10. The Morgan fingerprint density at radius 3 is 2.93 bits per heavy atom. The molecule has 0 aromatic carbocycles. The molecule has 142 valence electrons. The van der Waals surface area contributed by atoms with Gasteiger partial charge in [-0.05, 0) is 37.6 Å². The van der Waals surface area contributed by atoms with Crippen molar-refractivity contribution in [1.29, 1.82) is 0 Å². The van der Waals surface area contributed by atoms with E-state index >= 15 is 0 Å². The molecule has 0 spiro atoms. The molecule has 0 saturated carbocycles. The molecular weight excluding hydrogens is 372 g/mol. The second-order valence-corrected chi connectivity index (χ2v) is 6.17. The number of aromatic nitrogens is 3. The molecule has 1 atom stereocenters. The average molecular weight is 391 g/mol. The zero-order chi connectivity index (χ0) is 18.1. The molecule has 0 radical (unpaired) electrons. The van der Waals surface area contributed by atoms with E-state index in [4.69, 9.17) is 10.2 Å². The number of furan rings is 1. The summed E-state index contributed by atoms with van der Waals surface area (Å²) in [5, 5.41) is 6.27. The Balaban J connectivity index is 0.00000210. The highest BCUT2D eigenvalue weighted by Crippen LogP contribution is 2.22. The van der Waals surface area contributed by atoms with Crippen molar-refractivity contribution in [3.63, 3.8) is 0 Å². The van der Waals surface area contributed by atoms with Gasteiger partial charge in [0.2, 0.25) is 0 Å². The van der Waals surface area contributed by atoms with Crippen LogP contribution in [0.5, 0.6) is 0 Å². The van der Waals surface area contributed by atoms with E-state index in [2.05, 4.69) is 20.6 Å². The first-order chi connectivity index (χ1) is 12.6. The van der Waals surface area contributed by atoms with Crippen molar-refractivity contribution < 1.29 is 14.0 Å². The van der Waals surface area contributed by atoms with Crippen molar-refractivity contribution in [3.05, 3.63) is 42.2 Å². The largest absolute Gasteiger partial charge is 0.463 e. The van der Waals surface area contributed by atoms with E-state index < -0.39 is 5.91 Å². The van der Waals surface area contributed by atoms with Crippen molar-refractivity contribution >= 4 is 29.9 Å². The van der Waals surface area contributed by atoms with Crippen LogP contribution in [0.2, 0.25) is 0 Å². The average Bonchev–Trinajstić information content (AvgIpc) is 3.31. The fraction of sp³-hybridized carbons (Fsp3) is 0.294. The lowest BCUT2D eigenvalue weighted by Gasteiger charge is -2.24. The second-order valence-electron chi connectivity index (χ2n) is 6.17. The fourth-order valence-corrected chi connectivity index (χ4v) is 3.10. The predicted octanol–water partition coefficient (Wildman–Crippen LogP) is 0.992. The summed E-state index contributed by atoms with van der Waals surface area (Å²) in [5.41, 5.74) is 6.35. The van der Waals surface area contributed by atoms with Gasteiger partial charge in [0.25, 0.3) is 11.8 Å². The van der Waals surface area contributed by atoms with Crippen LogP contribution in [0.15, 0.2) is 35.2 Å². The standard InChI is InChI=1S/C17H18N6O3.ClH/c18-15(24)14-16-22-11(13-4-2-6-26-13)7-12(23(16)9-20-14)17(25)21-10-3-1-5-19-8-10;/h2,4,6-7,9-10,19H,1,3,5,8H2,(H2,18,24)(H,21,25);1H/t10-;/m0./s1. The third-order valence-corrected chi connectivity index (χ3v) is 4.37. The van der Waals surface area contributed by atoms with Crippen LogP contribution in [0.1, 0.15) is 33.8 Å². The van der Waals surface area contributed by atoms with Gasteiger partial charge in [-0.25, -0.2) is 9.97 Å². The van der Waals surface area contributed by atoms with Crippen LogP contribution in [-0.2, 0) is 0 Å². The number of hydrogen-bond acceptors (Lipinski definition) is 6. The molecular formula is C17H19ClN6O3. The summed E-state index contributed by atoms with van der Waals surface area (Å²) in [6.07, 6.45) is 4.81. The summed E-state index contributed by atoms with van der Waals surface area (Å²) < 4.78 is 6.85. The highest BCUT2D eigenvalue weighted by Gasteiger charge is 2.22. The van der Waals surface area contributed by atoms with Crippen LogP contribution in [0.25, 0.3) is 17.1 Å². The number of halogens is 1. The summed E-state index contributed by atoms with van der Waals surface area (Å²) in [6, 6.07) is 5.11. The zero-order valence-corrected chi connectivity index (χ0v) is 15.2. The number of fused-ring (bicyclic) bond motifs is 1. The van der Waals surface area contributed by atoms with Crippen LogP contribution in [0, 0.1) is 0 Å². The van der Waals surface area contributed by atoms with Crippen molar-refractivity contribution in [2.24, 2.45) is 5.73 Å². The van der Waals surface area contributed by atoms with Gasteiger partial charge < -0.3 is 20.8 Å². The molecule has 0 unspecified atom stereocenters. The molecule has 4 heterocycles. The SMILES string of the molecule is Cl.NC(=O)c1ncn2c(C(=O)N[C@H]3CCCNC3)cc(-c3ccco3)nc12. The number of piperidine rings is 1. The third kappa shape index (κ3) is 3.64. The number of carbonyl (C=O) groups excluding carboxylic acids is 2. The number of hydrogen-bond donors (Lipinski definition) is 3. The summed E-state index contributed by atoms with van der Waals surface area (Å²) in [7, 11) is 0. The topological polar surface area (TPSA) is 128 Å². The van der Waals surface area contributed by atoms with E-state index in [-0.39, 0.29) is 35.7 Å². The Hall–Kier alpha value is -2.91. The van der Waals surface area contributed by atoms with Crippen molar-refractivity contribution in [2.75, 3.05) is 13.1 Å². The monoisotopic (exact) mass is 390 g/mol. The molecule has 1 aliphatic heterocycles. The van der Waals surface area contributed by atoms with E-state index in [1.807, 2.05) is 0 Å². The quantitative estimate of drug-likeness (QED) is 0.609. The molecule has 10 heteroatoms. The first-order valence-corrected chi connectivity index (χ1v) is 8.37. The van der Waals surface area contributed by atoms with E-state index in [0.717, 1.165) is 25.9 Å². The molecule has 1 fully saturated rings. The van der Waals surface area contributed by atoms with Gasteiger partial charge in [0.05, 0.1) is 6.26 Å². The zero-order valence-electron chi connectivity index (χ0n) is 14.3. The molecule has 1 aliphatic rings. The number of primary amides is 1. The maximum atomic E-state index is 12.9. The van der Waals surface area contributed by atoms with E-state index in [1.165, 1.54) is 17.0 Å². The Morgan fingerprint density at radius 2 is 2.26 bits per heavy atom. The maximum Gasteiger partial charge on any atom is 0.271 e. The Kier molecular flexibility index (Phi) is 5.43. The van der Waals surface area contributed by atoms with Crippen LogP contribution < -0.4 is 16.4 Å². The molecule has 3 aromatic rings. The predicted molar refractivity (Wildman–Crippen MR) is 99.8 cm³/mol. The van der Waals surface area contributed by atoms with Gasteiger partial charge in [-0.3, -0.25) is 14.0 Å². The Labute approximate surface area is 160 Å². The summed E-state index contributed by atoms with van der Waals surface area (Å²) in [6.45, 7) is 1.68. The minimum absolute atomic E-state index is 0. The van der Waals surface area contributed by atoms with Gasteiger partial charge in [-0.15, -0.1) is 12.4 Å². The van der Waals surface area contributed by atoms with Crippen LogP contribution in [-0.4, -0.2) is 45.3 Å². The molecule has 0 bridgehead atoms. The number of imidazole rings is 1. The van der Waals surface area contributed by atoms with Crippen molar-refractivity contribution in [1.82, 2.24) is 25.0 Å². The molecule has 4 rings (SSSR count). The van der Waals surface area contributed by atoms with Gasteiger partial charge in [0.15, 0.2) is 17.1 Å². The molecule has 27 heavy (non-hydrogen) atoms. The van der Waals surface area contributed by atoms with Crippen LogP contribution in [0.3, 0.4) is 0 Å². The lowest BCUT2D eigenvalue weighted by molar-refractivity contribution is 0.0923. The summed E-state index contributed by atoms with van der Waals surface area (Å²) in [5.74, 6) is -0.496.